The molecule has 0 bridgehead atoms. The van der Waals surface area contributed by atoms with E-state index in [1.807, 2.05) is 23.1 Å². The summed E-state index contributed by atoms with van der Waals surface area (Å²) in [7, 11) is 0. The van der Waals surface area contributed by atoms with Gasteiger partial charge in [0, 0.05) is 38.3 Å². The van der Waals surface area contributed by atoms with Gasteiger partial charge >= 0.3 is 0 Å². The van der Waals surface area contributed by atoms with Crippen molar-refractivity contribution in [3.63, 3.8) is 0 Å². The Hall–Kier alpha value is -2.74. The molecule has 0 atom stereocenters. The average Bonchev–Trinajstić information content (AvgIpc) is 3.40. The number of carbonyl (C=O) groups is 1. The molecule has 3 aromatic rings. The first kappa shape index (κ1) is 21.1. The molecular weight excluding hydrogens is 453 g/mol. The maximum absolute atomic E-state index is 13.4. The summed E-state index contributed by atoms with van der Waals surface area (Å²) in [4.78, 5) is 17.5. The van der Waals surface area contributed by atoms with Gasteiger partial charge in [-0.3, -0.25) is 9.69 Å². The van der Waals surface area contributed by atoms with Crippen LogP contribution in [0.4, 0.5) is 0 Å². The van der Waals surface area contributed by atoms with E-state index in [2.05, 4.69) is 10.1 Å². The van der Waals surface area contributed by atoms with Crippen LogP contribution in [0.2, 0.25) is 10.0 Å². The normalized spacial score (nSPS) is 15.9. The number of aryl methyl sites for hydroxylation is 1. The molecule has 0 saturated carbocycles. The Morgan fingerprint density at radius 3 is 2.50 bits per heavy atom. The van der Waals surface area contributed by atoms with Gasteiger partial charge in [-0.2, -0.15) is 0 Å². The first-order valence-corrected chi connectivity index (χ1v) is 11.1. The fourth-order valence-corrected chi connectivity index (χ4v) is 4.66. The minimum Gasteiger partial charge on any atom is -0.454 e. The van der Waals surface area contributed by atoms with Gasteiger partial charge in [0.05, 0.1) is 10.0 Å². The van der Waals surface area contributed by atoms with E-state index >= 15 is 0 Å². The Bertz CT molecular complexity index is 1150. The third kappa shape index (κ3) is 3.92. The molecule has 9 heteroatoms. The highest BCUT2D eigenvalue weighted by atomic mass is 35.5. The van der Waals surface area contributed by atoms with Crippen molar-refractivity contribution in [3.8, 4) is 22.8 Å². The number of nitrogens with zero attached hydrogens (tertiary/aromatic N) is 3. The Balaban J connectivity index is 1.29. The van der Waals surface area contributed by atoms with E-state index in [0.717, 1.165) is 36.7 Å². The minimum atomic E-state index is -0.127. The predicted octanol–water partition coefficient (Wildman–Crippen LogP) is 4.64. The summed E-state index contributed by atoms with van der Waals surface area (Å²) in [6, 6.07) is 11.2. The smallest absolute Gasteiger partial charge is 0.259 e. The first-order valence-electron chi connectivity index (χ1n) is 10.3. The highest BCUT2D eigenvalue weighted by Gasteiger charge is 2.30. The van der Waals surface area contributed by atoms with Crippen LogP contribution in [-0.4, -0.2) is 53.8 Å². The summed E-state index contributed by atoms with van der Waals surface area (Å²) < 4.78 is 16.2. The highest BCUT2D eigenvalue weighted by Crippen LogP contribution is 2.37. The van der Waals surface area contributed by atoms with E-state index in [9.17, 15) is 4.79 Å². The van der Waals surface area contributed by atoms with Gasteiger partial charge in [-0.25, -0.2) is 0 Å². The van der Waals surface area contributed by atoms with Crippen LogP contribution >= 0.6 is 23.2 Å². The van der Waals surface area contributed by atoms with Crippen molar-refractivity contribution in [2.75, 3.05) is 33.0 Å². The zero-order valence-electron chi connectivity index (χ0n) is 17.4. The predicted molar refractivity (Wildman–Crippen MR) is 120 cm³/mol. The zero-order chi connectivity index (χ0) is 22.2. The molecule has 2 aliphatic heterocycles. The molecule has 0 spiro atoms. The number of ether oxygens (including phenoxy) is 2. The Morgan fingerprint density at radius 2 is 1.75 bits per heavy atom. The number of carbonyl (C=O) groups excluding carboxylic acids is 1. The maximum Gasteiger partial charge on any atom is 0.259 e. The van der Waals surface area contributed by atoms with Crippen molar-refractivity contribution >= 4 is 29.1 Å². The van der Waals surface area contributed by atoms with Gasteiger partial charge in [0.2, 0.25) is 6.79 Å². The van der Waals surface area contributed by atoms with Gasteiger partial charge in [0.25, 0.3) is 5.91 Å². The number of amides is 1. The van der Waals surface area contributed by atoms with Crippen LogP contribution in [0.15, 0.2) is 40.9 Å². The van der Waals surface area contributed by atoms with Crippen LogP contribution in [0.5, 0.6) is 11.5 Å². The lowest BCUT2D eigenvalue weighted by atomic mass is 10.0. The summed E-state index contributed by atoms with van der Waals surface area (Å²) >= 11 is 12.7. The quantitative estimate of drug-likeness (QED) is 0.549. The number of halogens is 2. The molecule has 2 aliphatic rings. The lowest BCUT2D eigenvalue weighted by molar-refractivity contribution is 0.0627. The third-order valence-corrected chi connectivity index (χ3v) is 6.41. The molecule has 0 N–H and O–H groups in total. The topological polar surface area (TPSA) is 68.0 Å². The van der Waals surface area contributed by atoms with Crippen LogP contribution < -0.4 is 9.47 Å². The van der Waals surface area contributed by atoms with Gasteiger partial charge < -0.3 is 18.9 Å². The molecule has 2 aromatic carbocycles. The fourth-order valence-electron chi connectivity index (χ4n) is 4.08. The van der Waals surface area contributed by atoms with E-state index in [1.54, 1.807) is 25.1 Å². The SMILES string of the molecule is Cc1onc(-c2c(Cl)cccc2Cl)c1C(=O)N1CCN(Cc2ccc3c(c2)OCO3)CC1. The summed E-state index contributed by atoms with van der Waals surface area (Å²) in [5.74, 6) is 1.88. The summed E-state index contributed by atoms with van der Waals surface area (Å²) in [6.07, 6.45) is 0. The molecule has 0 aliphatic carbocycles. The number of benzene rings is 2. The largest absolute Gasteiger partial charge is 0.454 e. The second kappa shape index (κ2) is 8.65. The molecule has 166 valence electrons. The molecule has 5 rings (SSSR count). The number of aromatic nitrogens is 1. The van der Waals surface area contributed by atoms with Crippen LogP contribution in [-0.2, 0) is 6.54 Å². The Morgan fingerprint density at radius 1 is 1.03 bits per heavy atom. The number of hydrogen-bond acceptors (Lipinski definition) is 6. The van der Waals surface area contributed by atoms with Crippen LogP contribution in [0.1, 0.15) is 21.7 Å². The minimum absolute atomic E-state index is 0.127. The summed E-state index contributed by atoms with van der Waals surface area (Å²) in [5.41, 5.74) is 2.45. The van der Waals surface area contributed by atoms with E-state index in [-0.39, 0.29) is 12.7 Å². The van der Waals surface area contributed by atoms with Crippen molar-refractivity contribution < 1.29 is 18.8 Å². The number of fused-ring (bicyclic) bond motifs is 1. The summed E-state index contributed by atoms with van der Waals surface area (Å²) in [5, 5.41) is 4.95. The number of piperazine rings is 1. The van der Waals surface area contributed by atoms with Gasteiger partial charge in [-0.05, 0) is 36.8 Å². The Kier molecular flexibility index (Phi) is 5.71. The van der Waals surface area contributed by atoms with Gasteiger partial charge in [0.15, 0.2) is 11.5 Å². The van der Waals surface area contributed by atoms with E-state index in [0.29, 0.717) is 45.7 Å². The van der Waals surface area contributed by atoms with Crippen molar-refractivity contribution in [1.29, 1.82) is 0 Å². The molecule has 7 nitrogen and oxygen atoms in total. The van der Waals surface area contributed by atoms with Crippen molar-refractivity contribution in [2.24, 2.45) is 0 Å². The lowest BCUT2D eigenvalue weighted by Crippen LogP contribution is -2.48. The van der Waals surface area contributed by atoms with Crippen LogP contribution in [0.3, 0.4) is 0 Å². The molecule has 1 aromatic heterocycles. The molecule has 1 fully saturated rings. The molecule has 3 heterocycles. The molecule has 0 radical (unpaired) electrons. The van der Waals surface area contributed by atoms with Crippen molar-refractivity contribution in [1.82, 2.24) is 15.0 Å². The van der Waals surface area contributed by atoms with Crippen molar-refractivity contribution in [2.45, 2.75) is 13.5 Å². The van der Waals surface area contributed by atoms with Crippen LogP contribution in [0, 0.1) is 6.92 Å². The molecule has 0 unspecified atom stereocenters. The summed E-state index contributed by atoms with van der Waals surface area (Å²) in [6.45, 7) is 5.49. The molecule has 1 amide bonds. The number of hydrogen-bond donors (Lipinski definition) is 0. The van der Waals surface area contributed by atoms with Gasteiger partial charge in [-0.15, -0.1) is 0 Å². The van der Waals surface area contributed by atoms with E-state index in [1.165, 1.54) is 0 Å². The van der Waals surface area contributed by atoms with Crippen LogP contribution in [0.25, 0.3) is 11.3 Å². The Labute approximate surface area is 195 Å². The lowest BCUT2D eigenvalue weighted by Gasteiger charge is -2.34. The first-order chi connectivity index (χ1) is 15.5. The molecule has 1 saturated heterocycles. The standard InChI is InChI=1S/C23H21Cl2N3O4/c1-14-20(22(26-32-14)21-16(24)3-2-4-17(21)25)23(29)28-9-7-27(8-10-28)12-15-5-6-18-19(11-15)31-13-30-18/h2-6,11H,7-10,12-13H2,1H3. The molecule has 32 heavy (non-hydrogen) atoms. The fraction of sp³-hybridized carbons (Fsp3) is 0.304. The monoisotopic (exact) mass is 473 g/mol. The molecular formula is C23H21Cl2N3O4. The maximum atomic E-state index is 13.4. The van der Waals surface area contributed by atoms with E-state index in [4.69, 9.17) is 37.2 Å². The van der Waals surface area contributed by atoms with Gasteiger partial charge in [0.1, 0.15) is 17.0 Å². The third-order valence-electron chi connectivity index (χ3n) is 5.78. The van der Waals surface area contributed by atoms with Gasteiger partial charge in [-0.1, -0.05) is 40.5 Å². The highest BCUT2D eigenvalue weighted by molar-refractivity contribution is 6.39. The number of rotatable bonds is 4. The second-order valence-electron chi connectivity index (χ2n) is 7.81. The average molecular weight is 474 g/mol. The second-order valence-corrected chi connectivity index (χ2v) is 8.63. The van der Waals surface area contributed by atoms with Crippen molar-refractivity contribution in [3.05, 3.63) is 63.3 Å². The van der Waals surface area contributed by atoms with E-state index < -0.39 is 0 Å². The zero-order valence-corrected chi connectivity index (χ0v) is 18.9.